The first kappa shape index (κ1) is 26.6. The van der Waals surface area contributed by atoms with Crippen LogP contribution in [0, 0.1) is 0 Å². The number of hydrogen-bond acceptors (Lipinski definition) is 8. The molecule has 0 aromatic heterocycles. The number of nitrogens with one attached hydrogen (secondary N) is 1. The van der Waals surface area contributed by atoms with Crippen molar-refractivity contribution in [3.05, 3.63) is 0 Å². The molecule has 1 saturated carbocycles. The van der Waals surface area contributed by atoms with Gasteiger partial charge in [-0.1, -0.05) is 19.3 Å². The van der Waals surface area contributed by atoms with Crippen LogP contribution in [0.25, 0.3) is 0 Å². The van der Waals surface area contributed by atoms with E-state index in [4.69, 9.17) is 13.8 Å². The molecule has 166 valence electrons. The molecule has 0 spiro atoms. The van der Waals surface area contributed by atoms with E-state index in [1.165, 1.54) is 13.3 Å². The molecular formula is C15H29NO10S2. The van der Waals surface area contributed by atoms with Crippen molar-refractivity contribution in [2.45, 2.75) is 57.9 Å². The van der Waals surface area contributed by atoms with Gasteiger partial charge in [-0.25, -0.2) is 4.79 Å². The third kappa shape index (κ3) is 19.3. The molecule has 1 rings (SSSR count). The maximum absolute atomic E-state index is 11.3. The first-order valence-corrected chi connectivity index (χ1v) is 12.1. The number of carbonyl (C=O) groups is 2. The summed E-state index contributed by atoms with van der Waals surface area (Å²) in [5.74, 6) is -1.22. The minimum absolute atomic E-state index is 0.00164. The summed E-state index contributed by atoms with van der Waals surface area (Å²) in [6.07, 6.45) is 5.12. The Morgan fingerprint density at radius 2 is 1.36 bits per heavy atom. The van der Waals surface area contributed by atoms with Crippen LogP contribution in [0.2, 0.25) is 0 Å². The molecule has 0 unspecified atom stereocenters. The van der Waals surface area contributed by atoms with Crippen LogP contribution >= 0.6 is 0 Å². The lowest BCUT2D eigenvalue weighted by atomic mass is 9.96. The van der Waals surface area contributed by atoms with Gasteiger partial charge in [-0.15, -0.1) is 0 Å². The Balaban J connectivity index is 0.000000576. The average Bonchev–Trinajstić information content (AvgIpc) is 2.55. The maximum atomic E-state index is 11.3. The number of carbonyl (C=O) groups excluding carboxylic acids is 2. The summed E-state index contributed by atoms with van der Waals surface area (Å²) in [5.41, 5.74) is 0. The zero-order valence-corrected chi connectivity index (χ0v) is 17.5. The zero-order valence-electron chi connectivity index (χ0n) is 15.8. The van der Waals surface area contributed by atoms with Gasteiger partial charge in [-0.3, -0.25) is 13.9 Å². The molecule has 13 heteroatoms. The second-order valence-corrected chi connectivity index (χ2v) is 9.38. The van der Waals surface area contributed by atoms with Crippen LogP contribution in [0.3, 0.4) is 0 Å². The van der Waals surface area contributed by atoms with E-state index in [9.17, 15) is 26.4 Å². The highest BCUT2D eigenvalue weighted by atomic mass is 32.2. The summed E-state index contributed by atoms with van der Waals surface area (Å²) in [6.45, 7) is 1.25. The highest BCUT2D eigenvalue weighted by molar-refractivity contribution is 7.86. The molecule has 0 heterocycles. The average molecular weight is 448 g/mol. The van der Waals surface area contributed by atoms with Crippen molar-refractivity contribution in [3.63, 3.8) is 0 Å². The summed E-state index contributed by atoms with van der Waals surface area (Å²) >= 11 is 0. The van der Waals surface area contributed by atoms with Crippen molar-refractivity contribution in [1.29, 1.82) is 0 Å². The highest BCUT2D eigenvalue weighted by Gasteiger charge is 2.16. The Morgan fingerprint density at radius 1 is 0.893 bits per heavy atom. The van der Waals surface area contributed by atoms with E-state index in [0.29, 0.717) is 0 Å². The maximum Gasteiger partial charge on any atom is 0.407 e. The van der Waals surface area contributed by atoms with E-state index in [0.717, 1.165) is 25.7 Å². The van der Waals surface area contributed by atoms with Crippen LogP contribution in [0.4, 0.5) is 4.79 Å². The quantitative estimate of drug-likeness (QED) is 0.264. The van der Waals surface area contributed by atoms with Gasteiger partial charge in [-0.05, 0) is 25.7 Å². The van der Waals surface area contributed by atoms with Crippen molar-refractivity contribution < 1.29 is 45.0 Å². The van der Waals surface area contributed by atoms with E-state index < -0.39 is 32.3 Å². The summed E-state index contributed by atoms with van der Waals surface area (Å²) in [6, 6.07) is 0.179. The van der Waals surface area contributed by atoms with Crippen LogP contribution in [-0.4, -0.2) is 68.8 Å². The molecule has 1 aliphatic rings. The van der Waals surface area contributed by atoms with Crippen molar-refractivity contribution in [2.24, 2.45) is 0 Å². The first-order valence-electron chi connectivity index (χ1n) is 8.86. The second kappa shape index (κ2) is 13.7. The number of hydrogen-bond donors (Lipinski definition) is 3. The number of rotatable bonds is 9. The van der Waals surface area contributed by atoms with Gasteiger partial charge in [0.1, 0.15) is 0 Å². The third-order valence-corrected chi connectivity index (χ3v) is 5.17. The van der Waals surface area contributed by atoms with E-state index in [1.807, 2.05) is 0 Å². The van der Waals surface area contributed by atoms with Crippen LogP contribution in [-0.2, 0) is 34.5 Å². The number of amides is 1. The normalized spacial score (nSPS) is 15.1. The molecule has 1 amide bonds. The summed E-state index contributed by atoms with van der Waals surface area (Å²) in [5, 5.41) is 2.74. The highest BCUT2D eigenvalue weighted by Crippen LogP contribution is 2.17. The monoisotopic (exact) mass is 447 g/mol. The van der Waals surface area contributed by atoms with Gasteiger partial charge in [0, 0.05) is 13.0 Å². The number of esters is 1. The van der Waals surface area contributed by atoms with Gasteiger partial charge < -0.3 is 14.8 Å². The Morgan fingerprint density at radius 3 is 1.79 bits per heavy atom. The van der Waals surface area contributed by atoms with E-state index in [2.05, 4.69) is 10.1 Å². The molecule has 28 heavy (non-hydrogen) atoms. The van der Waals surface area contributed by atoms with Gasteiger partial charge in [0.2, 0.25) is 0 Å². The number of alkyl carbamates (subject to hydrolysis) is 1. The second-order valence-electron chi connectivity index (χ2n) is 6.23. The molecule has 11 nitrogen and oxygen atoms in total. The smallest absolute Gasteiger partial charge is 0.407 e. The third-order valence-electron chi connectivity index (χ3n) is 3.56. The summed E-state index contributed by atoms with van der Waals surface area (Å²) < 4.78 is 66.9. The SMILES string of the molecule is CC(=O)OCCCS(=O)(=O)O.O=C(NC1CCCCC1)OCCCS(=O)(=O)O. The van der Waals surface area contributed by atoms with Crippen molar-refractivity contribution >= 4 is 32.3 Å². The van der Waals surface area contributed by atoms with Crippen LogP contribution < -0.4 is 5.32 Å². The number of ether oxygens (including phenoxy) is 2. The lowest BCUT2D eigenvalue weighted by Gasteiger charge is -2.22. The van der Waals surface area contributed by atoms with Gasteiger partial charge in [0.25, 0.3) is 20.2 Å². The van der Waals surface area contributed by atoms with Crippen molar-refractivity contribution in [3.8, 4) is 0 Å². The predicted octanol–water partition coefficient (Wildman–Crippen LogP) is 1.15. The Labute approximate surface area is 165 Å². The molecule has 0 aromatic rings. The molecule has 0 bridgehead atoms. The van der Waals surface area contributed by atoms with Gasteiger partial charge >= 0.3 is 12.1 Å². The molecule has 0 aliphatic heterocycles. The van der Waals surface area contributed by atoms with Crippen molar-refractivity contribution in [1.82, 2.24) is 5.32 Å². The van der Waals surface area contributed by atoms with Crippen LogP contribution in [0.5, 0.6) is 0 Å². The Kier molecular flexibility index (Phi) is 13.0. The van der Waals surface area contributed by atoms with Crippen LogP contribution in [0.15, 0.2) is 0 Å². The molecule has 0 saturated heterocycles. The predicted molar refractivity (Wildman–Crippen MR) is 100 cm³/mol. The molecule has 0 aromatic carbocycles. The fraction of sp³-hybridized carbons (Fsp3) is 0.867. The minimum atomic E-state index is -3.96. The van der Waals surface area contributed by atoms with Crippen LogP contribution in [0.1, 0.15) is 51.9 Å². The van der Waals surface area contributed by atoms with E-state index in [-0.39, 0.29) is 43.6 Å². The fourth-order valence-electron chi connectivity index (χ4n) is 2.32. The Hall–Kier alpha value is -1.44. The Bertz CT molecular complexity index is 669. The van der Waals surface area contributed by atoms with E-state index in [1.54, 1.807) is 0 Å². The molecule has 0 radical (unpaired) electrons. The minimum Gasteiger partial charge on any atom is -0.466 e. The van der Waals surface area contributed by atoms with Gasteiger partial charge in [0.05, 0.1) is 24.7 Å². The zero-order chi connectivity index (χ0) is 21.6. The largest absolute Gasteiger partial charge is 0.466 e. The molecule has 3 N–H and O–H groups in total. The van der Waals surface area contributed by atoms with E-state index >= 15 is 0 Å². The summed E-state index contributed by atoms with van der Waals surface area (Å²) in [4.78, 5) is 21.4. The lowest BCUT2D eigenvalue weighted by molar-refractivity contribution is -0.140. The van der Waals surface area contributed by atoms with Crippen molar-refractivity contribution in [2.75, 3.05) is 24.7 Å². The molecule has 0 atom stereocenters. The van der Waals surface area contributed by atoms with Gasteiger partial charge in [-0.2, -0.15) is 16.8 Å². The first-order chi connectivity index (χ1) is 12.9. The molecular weight excluding hydrogens is 418 g/mol. The molecule has 1 aliphatic carbocycles. The molecule has 1 fully saturated rings. The lowest BCUT2D eigenvalue weighted by Crippen LogP contribution is -2.36. The standard InChI is InChI=1S/C10H19NO5S.C5H10O5S/c12-10(11-9-5-2-1-3-6-9)16-7-4-8-17(13,14)15;1-5(6)10-3-2-4-11(7,8)9/h9H,1-8H2,(H,11,12)(H,13,14,15);2-4H2,1H3,(H,7,8,9). The van der Waals surface area contributed by atoms with Gasteiger partial charge in [0.15, 0.2) is 0 Å². The topological polar surface area (TPSA) is 173 Å². The summed E-state index contributed by atoms with van der Waals surface area (Å²) in [7, 11) is -7.87. The fourth-order valence-corrected chi connectivity index (χ4v) is 3.28.